The minimum Gasteiger partial charge on any atom is -0.467 e. The summed E-state index contributed by atoms with van der Waals surface area (Å²) in [5, 5.41) is 2.94. The summed E-state index contributed by atoms with van der Waals surface area (Å²) >= 11 is 0. The molecule has 1 aromatic rings. The third-order valence-electron chi connectivity index (χ3n) is 4.54. The third kappa shape index (κ3) is 4.15. The first kappa shape index (κ1) is 18.5. The Morgan fingerprint density at radius 2 is 2.12 bits per heavy atom. The number of aryl methyl sites for hydroxylation is 1. The van der Waals surface area contributed by atoms with Crippen LogP contribution in [-0.4, -0.2) is 31.2 Å². The maximum absolute atomic E-state index is 12.2. The van der Waals surface area contributed by atoms with E-state index < -0.39 is 5.60 Å². The molecule has 2 rings (SSSR count). The predicted molar refractivity (Wildman–Crippen MR) is 91.5 cm³/mol. The standard InChI is InChI=1S/C19H27NO4/c1-13(2)17(21)20-12-16-10-15(7-6-14(16)3)11-19(18(22)23-4)8-5-9-24-19/h6-7,10,13H,5,8-9,11-12H2,1-4H3,(H,20,21). The molecule has 0 aromatic heterocycles. The molecule has 0 saturated carbocycles. The minimum atomic E-state index is -0.873. The molecule has 0 bridgehead atoms. The van der Waals surface area contributed by atoms with Crippen molar-refractivity contribution in [3.63, 3.8) is 0 Å². The van der Waals surface area contributed by atoms with Crippen LogP contribution < -0.4 is 5.32 Å². The summed E-state index contributed by atoms with van der Waals surface area (Å²) in [6, 6.07) is 6.07. The summed E-state index contributed by atoms with van der Waals surface area (Å²) in [7, 11) is 1.40. The number of nitrogens with one attached hydrogen (secondary N) is 1. The van der Waals surface area contributed by atoms with Crippen LogP contribution in [-0.2, 0) is 32.0 Å². The van der Waals surface area contributed by atoms with Crippen LogP contribution in [0.2, 0.25) is 0 Å². The highest BCUT2D eigenvalue weighted by Gasteiger charge is 2.43. The molecule has 1 fully saturated rings. The zero-order chi connectivity index (χ0) is 17.7. The fourth-order valence-corrected chi connectivity index (χ4v) is 3.00. The Balaban J connectivity index is 2.15. The predicted octanol–water partition coefficient (Wildman–Crippen LogP) is 2.53. The highest BCUT2D eigenvalue weighted by molar-refractivity contribution is 5.80. The van der Waals surface area contributed by atoms with Crippen LogP contribution in [0.1, 0.15) is 43.4 Å². The van der Waals surface area contributed by atoms with Gasteiger partial charge in [-0.05, 0) is 36.5 Å². The molecule has 0 aliphatic carbocycles. The first-order valence-corrected chi connectivity index (χ1v) is 8.46. The molecule has 1 saturated heterocycles. The number of benzene rings is 1. The molecule has 24 heavy (non-hydrogen) atoms. The van der Waals surface area contributed by atoms with Gasteiger partial charge in [-0.2, -0.15) is 0 Å². The van der Waals surface area contributed by atoms with Gasteiger partial charge in [-0.3, -0.25) is 4.79 Å². The molecule has 1 amide bonds. The summed E-state index contributed by atoms with van der Waals surface area (Å²) in [6.45, 7) is 6.83. The molecule has 1 atom stereocenters. The quantitative estimate of drug-likeness (QED) is 0.813. The molecule has 1 N–H and O–H groups in total. The van der Waals surface area contributed by atoms with Crippen molar-refractivity contribution in [3.8, 4) is 0 Å². The largest absolute Gasteiger partial charge is 0.467 e. The van der Waals surface area contributed by atoms with Crippen LogP contribution in [0.4, 0.5) is 0 Å². The van der Waals surface area contributed by atoms with Crippen LogP contribution in [0.25, 0.3) is 0 Å². The highest BCUT2D eigenvalue weighted by Crippen LogP contribution is 2.31. The molecule has 0 spiro atoms. The van der Waals surface area contributed by atoms with Crippen molar-refractivity contribution in [3.05, 3.63) is 34.9 Å². The summed E-state index contributed by atoms with van der Waals surface area (Å²) in [5.41, 5.74) is 2.31. The molecular weight excluding hydrogens is 306 g/mol. The lowest BCUT2D eigenvalue weighted by atomic mass is 9.90. The van der Waals surface area contributed by atoms with Gasteiger partial charge in [0.05, 0.1) is 7.11 Å². The fraction of sp³-hybridized carbons (Fsp3) is 0.579. The van der Waals surface area contributed by atoms with Crippen molar-refractivity contribution < 1.29 is 19.1 Å². The zero-order valence-corrected chi connectivity index (χ0v) is 15.0. The van der Waals surface area contributed by atoms with E-state index in [1.807, 2.05) is 39.0 Å². The van der Waals surface area contributed by atoms with E-state index in [1.165, 1.54) is 7.11 Å². The van der Waals surface area contributed by atoms with Crippen molar-refractivity contribution in [2.75, 3.05) is 13.7 Å². The molecule has 1 heterocycles. The Kier molecular flexibility index (Phi) is 5.99. The van der Waals surface area contributed by atoms with Gasteiger partial charge in [0.1, 0.15) is 0 Å². The Labute approximate surface area is 143 Å². The third-order valence-corrected chi connectivity index (χ3v) is 4.54. The van der Waals surface area contributed by atoms with E-state index in [-0.39, 0.29) is 17.8 Å². The number of amides is 1. The maximum Gasteiger partial charge on any atom is 0.338 e. The number of carbonyl (C=O) groups excluding carboxylic acids is 2. The first-order valence-electron chi connectivity index (χ1n) is 8.46. The van der Waals surface area contributed by atoms with E-state index in [9.17, 15) is 9.59 Å². The smallest absolute Gasteiger partial charge is 0.338 e. The SMILES string of the molecule is COC(=O)C1(Cc2ccc(C)c(CNC(=O)C(C)C)c2)CCCO1. The molecule has 1 aliphatic heterocycles. The molecule has 1 unspecified atom stereocenters. The monoisotopic (exact) mass is 333 g/mol. The lowest BCUT2D eigenvalue weighted by Gasteiger charge is -2.25. The van der Waals surface area contributed by atoms with Crippen molar-refractivity contribution in [2.24, 2.45) is 5.92 Å². The molecule has 1 aliphatic rings. The first-order chi connectivity index (χ1) is 11.4. The average molecular weight is 333 g/mol. The summed E-state index contributed by atoms with van der Waals surface area (Å²) in [4.78, 5) is 24.0. The van der Waals surface area contributed by atoms with Crippen LogP contribution >= 0.6 is 0 Å². The second kappa shape index (κ2) is 7.79. The van der Waals surface area contributed by atoms with Crippen LogP contribution in [0.15, 0.2) is 18.2 Å². The molecule has 132 valence electrons. The van der Waals surface area contributed by atoms with Gasteiger partial charge in [0.25, 0.3) is 0 Å². The average Bonchev–Trinajstić information content (AvgIpc) is 3.03. The van der Waals surface area contributed by atoms with Crippen molar-refractivity contribution in [2.45, 2.75) is 52.2 Å². The molecule has 1 aromatic carbocycles. The van der Waals surface area contributed by atoms with Crippen LogP contribution in [0.3, 0.4) is 0 Å². The van der Waals surface area contributed by atoms with E-state index in [4.69, 9.17) is 9.47 Å². The highest BCUT2D eigenvalue weighted by atomic mass is 16.6. The van der Waals surface area contributed by atoms with E-state index in [2.05, 4.69) is 5.32 Å². The molecule has 0 radical (unpaired) electrons. The summed E-state index contributed by atoms with van der Waals surface area (Å²) < 4.78 is 10.7. The van der Waals surface area contributed by atoms with Gasteiger partial charge in [-0.1, -0.05) is 32.0 Å². The zero-order valence-electron chi connectivity index (χ0n) is 15.0. The van der Waals surface area contributed by atoms with Gasteiger partial charge in [-0.15, -0.1) is 0 Å². The molecule has 5 heteroatoms. The van der Waals surface area contributed by atoms with Gasteiger partial charge < -0.3 is 14.8 Å². The van der Waals surface area contributed by atoms with E-state index in [0.717, 1.165) is 23.1 Å². The maximum atomic E-state index is 12.2. The summed E-state index contributed by atoms with van der Waals surface area (Å²) in [5.74, 6) is -0.317. The normalized spacial score (nSPS) is 20.2. The summed E-state index contributed by atoms with van der Waals surface area (Å²) in [6.07, 6.45) is 2.02. The van der Waals surface area contributed by atoms with Gasteiger partial charge in [-0.25, -0.2) is 4.79 Å². The fourth-order valence-electron chi connectivity index (χ4n) is 3.00. The number of carbonyl (C=O) groups is 2. The van der Waals surface area contributed by atoms with Crippen molar-refractivity contribution in [1.29, 1.82) is 0 Å². The number of esters is 1. The van der Waals surface area contributed by atoms with E-state index in [1.54, 1.807) is 0 Å². The number of rotatable bonds is 6. The van der Waals surface area contributed by atoms with E-state index >= 15 is 0 Å². The Morgan fingerprint density at radius 1 is 1.38 bits per heavy atom. The van der Waals surface area contributed by atoms with Gasteiger partial charge in [0.15, 0.2) is 5.60 Å². The lowest BCUT2D eigenvalue weighted by molar-refractivity contribution is -0.163. The molecular formula is C19H27NO4. The topological polar surface area (TPSA) is 64.6 Å². The van der Waals surface area contributed by atoms with Crippen LogP contribution in [0, 0.1) is 12.8 Å². The van der Waals surface area contributed by atoms with Crippen molar-refractivity contribution in [1.82, 2.24) is 5.32 Å². The second-order valence-corrected chi connectivity index (χ2v) is 6.75. The Morgan fingerprint density at radius 3 is 2.71 bits per heavy atom. The Bertz CT molecular complexity index is 603. The lowest BCUT2D eigenvalue weighted by Crippen LogP contribution is -2.41. The van der Waals surface area contributed by atoms with Gasteiger partial charge in [0, 0.05) is 25.5 Å². The number of ether oxygens (including phenoxy) is 2. The molecule has 5 nitrogen and oxygen atoms in total. The number of methoxy groups -OCH3 is 1. The Hall–Kier alpha value is -1.88. The van der Waals surface area contributed by atoms with Gasteiger partial charge in [0.2, 0.25) is 5.91 Å². The van der Waals surface area contributed by atoms with Crippen LogP contribution in [0.5, 0.6) is 0 Å². The van der Waals surface area contributed by atoms with E-state index in [0.29, 0.717) is 26.0 Å². The number of hydrogen-bond donors (Lipinski definition) is 1. The minimum absolute atomic E-state index is 0.0324. The van der Waals surface area contributed by atoms with Gasteiger partial charge >= 0.3 is 5.97 Å². The second-order valence-electron chi connectivity index (χ2n) is 6.75. The number of hydrogen-bond acceptors (Lipinski definition) is 4. The van der Waals surface area contributed by atoms with Crippen molar-refractivity contribution >= 4 is 11.9 Å².